The summed E-state index contributed by atoms with van der Waals surface area (Å²) in [6.45, 7) is 3.93. The Kier molecular flexibility index (Phi) is 2.64. The molecule has 0 fully saturated rings. The van der Waals surface area contributed by atoms with Gasteiger partial charge in [-0.1, -0.05) is 13.8 Å². The summed E-state index contributed by atoms with van der Waals surface area (Å²) in [6, 6.07) is 6.32. The number of carbonyl (C=O) groups excluding carboxylic acids is 1. The molecule has 4 nitrogen and oxygen atoms in total. The van der Waals surface area contributed by atoms with Crippen LogP contribution in [0.15, 0.2) is 29.3 Å². The summed E-state index contributed by atoms with van der Waals surface area (Å²) in [5.41, 5.74) is 0.814. The van der Waals surface area contributed by atoms with Gasteiger partial charge in [-0.05, 0) is 30.2 Å². The van der Waals surface area contributed by atoms with Gasteiger partial charge in [-0.15, -0.1) is 0 Å². The number of carbonyl (C=O) groups is 1. The lowest BCUT2D eigenvalue weighted by atomic mass is 10.1. The third-order valence-corrected chi connectivity index (χ3v) is 2.55. The van der Waals surface area contributed by atoms with E-state index in [-0.39, 0.29) is 23.6 Å². The van der Waals surface area contributed by atoms with Gasteiger partial charge in [-0.2, -0.15) is 0 Å². The third-order valence-electron chi connectivity index (χ3n) is 2.55. The molecule has 1 heterocycles. The Labute approximate surface area is 94.0 Å². The minimum absolute atomic E-state index is 0.0573. The summed E-state index contributed by atoms with van der Waals surface area (Å²) in [7, 11) is 0. The molecule has 1 aromatic carbocycles. The highest BCUT2D eigenvalue weighted by Gasteiger charge is 2.29. The number of amidine groups is 1. The summed E-state index contributed by atoms with van der Waals surface area (Å²) in [5, 5.41) is 11.9. The minimum atomic E-state index is -0.302. The number of nitrogens with one attached hydrogen (secondary N) is 1. The predicted molar refractivity (Wildman–Crippen MR) is 61.4 cm³/mol. The summed E-state index contributed by atoms with van der Waals surface area (Å²) in [5.74, 6) is 0.922. The van der Waals surface area contributed by atoms with Gasteiger partial charge < -0.3 is 10.4 Å². The topological polar surface area (TPSA) is 61.7 Å². The molecule has 1 aliphatic heterocycles. The van der Waals surface area contributed by atoms with Crippen LogP contribution >= 0.6 is 0 Å². The highest BCUT2D eigenvalue weighted by atomic mass is 16.3. The Morgan fingerprint density at radius 1 is 1.31 bits per heavy atom. The van der Waals surface area contributed by atoms with Crippen LogP contribution in [0.4, 0.5) is 0 Å². The smallest absolute Gasteiger partial charge is 0.250 e. The summed E-state index contributed by atoms with van der Waals surface area (Å²) >= 11 is 0. The summed E-state index contributed by atoms with van der Waals surface area (Å²) in [6.07, 6.45) is 0. The molecule has 1 unspecified atom stereocenters. The number of hydrogen-bond donors (Lipinski definition) is 2. The molecule has 4 heteroatoms. The van der Waals surface area contributed by atoms with Crippen molar-refractivity contribution >= 4 is 11.7 Å². The van der Waals surface area contributed by atoms with Gasteiger partial charge in [-0.3, -0.25) is 9.79 Å². The molecule has 1 aliphatic rings. The zero-order valence-corrected chi connectivity index (χ0v) is 9.27. The monoisotopic (exact) mass is 218 g/mol. The van der Waals surface area contributed by atoms with Gasteiger partial charge in [0, 0.05) is 5.56 Å². The van der Waals surface area contributed by atoms with E-state index in [1.54, 1.807) is 24.3 Å². The van der Waals surface area contributed by atoms with Crippen molar-refractivity contribution in [2.45, 2.75) is 19.9 Å². The Balaban J connectivity index is 2.27. The van der Waals surface area contributed by atoms with Crippen molar-refractivity contribution in [3.8, 4) is 5.75 Å². The second-order valence-corrected chi connectivity index (χ2v) is 4.20. The number of rotatable bonds is 2. The number of phenols is 1. The van der Waals surface area contributed by atoms with Crippen LogP contribution in [0.2, 0.25) is 0 Å². The van der Waals surface area contributed by atoms with E-state index in [9.17, 15) is 4.79 Å². The van der Waals surface area contributed by atoms with Crippen molar-refractivity contribution in [1.82, 2.24) is 5.32 Å². The Bertz CT molecular complexity index is 435. The van der Waals surface area contributed by atoms with E-state index in [1.165, 1.54) is 0 Å². The zero-order valence-electron chi connectivity index (χ0n) is 9.27. The molecule has 2 rings (SSSR count). The van der Waals surface area contributed by atoms with Gasteiger partial charge in [-0.25, -0.2) is 0 Å². The SMILES string of the molecule is CC(C)C1N=C(c2ccc(O)cc2)NC1=O. The summed E-state index contributed by atoms with van der Waals surface area (Å²) in [4.78, 5) is 15.9. The van der Waals surface area contributed by atoms with Crippen LogP contribution in [0, 0.1) is 5.92 Å². The maximum Gasteiger partial charge on any atom is 0.250 e. The number of aliphatic imine (C=N–C) groups is 1. The van der Waals surface area contributed by atoms with Crippen LogP contribution < -0.4 is 5.32 Å². The van der Waals surface area contributed by atoms with Gasteiger partial charge >= 0.3 is 0 Å². The lowest BCUT2D eigenvalue weighted by Crippen LogP contribution is -2.31. The van der Waals surface area contributed by atoms with E-state index in [0.717, 1.165) is 5.56 Å². The fourth-order valence-electron chi connectivity index (χ4n) is 1.64. The van der Waals surface area contributed by atoms with Gasteiger partial charge in [0.2, 0.25) is 0 Å². The molecule has 1 amide bonds. The quantitative estimate of drug-likeness (QED) is 0.785. The Hall–Kier alpha value is -1.84. The van der Waals surface area contributed by atoms with Crippen molar-refractivity contribution in [1.29, 1.82) is 0 Å². The van der Waals surface area contributed by atoms with Gasteiger partial charge in [0.05, 0.1) is 0 Å². The van der Waals surface area contributed by atoms with Gasteiger partial charge in [0.15, 0.2) is 0 Å². The predicted octanol–water partition coefficient (Wildman–Crippen LogP) is 1.29. The Morgan fingerprint density at radius 3 is 2.44 bits per heavy atom. The normalized spacial score (nSPS) is 19.8. The average Bonchev–Trinajstić information content (AvgIpc) is 2.61. The van der Waals surface area contributed by atoms with Crippen molar-refractivity contribution in [2.24, 2.45) is 10.9 Å². The highest BCUT2D eigenvalue weighted by molar-refractivity contribution is 6.13. The standard InChI is InChI=1S/C12H14N2O2/c1-7(2)10-12(16)14-11(13-10)8-3-5-9(15)6-4-8/h3-7,10,15H,1-2H3,(H,13,14,16). The van der Waals surface area contributed by atoms with Crippen molar-refractivity contribution in [3.05, 3.63) is 29.8 Å². The lowest BCUT2D eigenvalue weighted by Gasteiger charge is -2.06. The molecule has 0 radical (unpaired) electrons. The van der Waals surface area contributed by atoms with E-state index in [1.807, 2.05) is 13.8 Å². The molecular formula is C12H14N2O2. The molecule has 0 saturated heterocycles. The third kappa shape index (κ3) is 1.91. The second kappa shape index (κ2) is 3.96. The van der Waals surface area contributed by atoms with E-state index in [4.69, 9.17) is 5.11 Å². The Morgan fingerprint density at radius 2 is 1.94 bits per heavy atom. The van der Waals surface area contributed by atoms with E-state index in [0.29, 0.717) is 5.84 Å². The number of aromatic hydroxyl groups is 1. The van der Waals surface area contributed by atoms with Gasteiger partial charge in [0.1, 0.15) is 17.6 Å². The number of benzene rings is 1. The van der Waals surface area contributed by atoms with Crippen LogP contribution in [0.3, 0.4) is 0 Å². The molecule has 84 valence electrons. The molecule has 0 bridgehead atoms. The fourth-order valence-corrected chi connectivity index (χ4v) is 1.64. The average molecular weight is 218 g/mol. The van der Waals surface area contributed by atoms with E-state index < -0.39 is 0 Å². The first-order chi connectivity index (χ1) is 7.58. The van der Waals surface area contributed by atoms with Crippen LogP contribution in [0.1, 0.15) is 19.4 Å². The van der Waals surface area contributed by atoms with Crippen LogP contribution in [0.5, 0.6) is 5.75 Å². The molecule has 0 saturated carbocycles. The first-order valence-corrected chi connectivity index (χ1v) is 5.26. The maximum absolute atomic E-state index is 11.6. The fraction of sp³-hybridized carbons (Fsp3) is 0.333. The largest absolute Gasteiger partial charge is 0.508 e. The number of amides is 1. The first-order valence-electron chi connectivity index (χ1n) is 5.26. The van der Waals surface area contributed by atoms with Crippen molar-refractivity contribution in [3.63, 3.8) is 0 Å². The molecule has 0 aromatic heterocycles. The lowest BCUT2D eigenvalue weighted by molar-refractivity contribution is -0.120. The van der Waals surface area contributed by atoms with Crippen LogP contribution in [-0.4, -0.2) is 22.9 Å². The first kappa shape index (κ1) is 10.7. The van der Waals surface area contributed by atoms with Gasteiger partial charge in [0.25, 0.3) is 5.91 Å². The number of nitrogens with zero attached hydrogens (tertiary/aromatic N) is 1. The van der Waals surface area contributed by atoms with E-state index in [2.05, 4.69) is 10.3 Å². The number of hydrogen-bond acceptors (Lipinski definition) is 3. The molecule has 0 spiro atoms. The maximum atomic E-state index is 11.6. The molecular weight excluding hydrogens is 204 g/mol. The molecule has 1 atom stereocenters. The van der Waals surface area contributed by atoms with E-state index >= 15 is 0 Å². The van der Waals surface area contributed by atoms with Crippen molar-refractivity contribution < 1.29 is 9.90 Å². The molecule has 16 heavy (non-hydrogen) atoms. The number of phenolic OH excluding ortho intramolecular Hbond substituents is 1. The van der Waals surface area contributed by atoms with Crippen LogP contribution in [0.25, 0.3) is 0 Å². The second-order valence-electron chi connectivity index (χ2n) is 4.20. The van der Waals surface area contributed by atoms with Crippen LogP contribution in [-0.2, 0) is 4.79 Å². The minimum Gasteiger partial charge on any atom is -0.508 e. The molecule has 2 N–H and O–H groups in total. The highest BCUT2D eigenvalue weighted by Crippen LogP contribution is 2.16. The molecule has 0 aliphatic carbocycles. The van der Waals surface area contributed by atoms with Crippen molar-refractivity contribution in [2.75, 3.05) is 0 Å². The zero-order chi connectivity index (χ0) is 11.7. The summed E-state index contributed by atoms with van der Waals surface area (Å²) < 4.78 is 0. The molecule has 1 aromatic rings.